The number of ether oxygens (including phenoxy) is 3. The molecule has 7 nitrogen and oxygen atoms in total. The molecule has 0 aliphatic heterocycles. The predicted molar refractivity (Wildman–Crippen MR) is 91.0 cm³/mol. The molecule has 1 saturated carbocycles. The fraction of sp³-hybridized carbons (Fsp3) is 0.556. The van der Waals surface area contributed by atoms with E-state index in [1.165, 1.54) is 0 Å². The molecule has 1 aliphatic rings. The zero-order valence-corrected chi connectivity index (χ0v) is 14.8. The molecule has 0 heterocycles. The Labute approximate surface area is 147 Å². The zero-order chi connectivity index (χ0) is 18.4. The topological polar surface area (TPSA) is 94.1 Å². The summed E-state index contributed by atoms with van der Waals surface area (Å²) in [4.78, 5) is 23.6. The van der Waals surface area contributed by atoms with Crippen molar-refractivity contribution in [3.05, 3.63) is 17.7 Å². The highest BCUT2D eigenvalue weighted by Gasteiger charge is 2.31. The molecule has 0 saturated heterocycles. The van der Waals surface area contributed by atoms with E-state index < -0.39 is 11.9 Å². The van der Waals surface area contributed by atoms with E-state index in [2.05, 4.69) is 5.32 Å². The molecule has 138 valence electrons. The van der Waals surface area contributed by atoms with Crippen molar-refractivity contribution < 1.29 is 28.9 Å². The predicted octanol–water partition coefficient (Wildman–Crippen LogP) is 2.22. The van der Waals surface area contributed by atoms with Gasteiger partial charge in [0, 0.05) is 24.1 Å². The monoisotopic (exact) mass is 351 g/mol. The Morgan fingerprint density at radius 1 is 1.04 bits per heavy atom. The highest BCUT2D eigenvalue weighted by Crippen LogP contribution is 2.35. The summed E-state index contributed by atoms with van der Waals surface area (Å²) in [6.45, 7) is 0.274. The molecule has 2 rings (SSSR count). The summed E-state index contributed by atoms with van der Waals surface area (Å²) in [6, 6.07) is 3.47. The van der Waals surface area contributed by atoms with Gasteiger partial charge in [0.15, 0.2) is 11.5 Å². The first-order valence-electron chi connectivity index (χ1n) is 8.29. The Morgan fingerprint density at radius 3 is 2.24 bits per heavy atom. The number of amides is 1. The van der Waals surface area contributed by atoms with Gasteiger partial charge in [-0.15, -0.1) is 0 Å². The fourth-order valence-electron chi connectivity index (χ4n) is 3.21. The maximum atomic E-state index is 12.4. The normalized spacial score (nSPS) is 19.8. The molecule has 1 aliphatic carbocycles. The first-order valence-corrected chi connectivity index (χ1v) is 8.29. The lowest BCUT2D eigenvalue weighted by molar-refractivity contribution is -0.144. The van der Waals surface area contributed by atoms with Gasteiger partial charge in [0.25, 0.3) is 0 Å². The maximum absolute atomic E-state index is 12.4. The van der Waals surface area contributed by atoms with Gasteiger partial charge in [-0.2, -0.15) is 0 Å². The quantitative estimate of drug-likeness (QED) is 0.782. The van der Waals surface area contributed by atoms with Crippen LogP contribution in [0, 0.1) is 11.8 Å². The van der Waals surface area contributed by atoms with Crippen LogP contribution in [0.4, 0.5) is 0 Å². The van der Waals surface area contributed by atoms with E-state index in [-0.39, 0.29) is 18.4 Å². The van der Waals surface area contributed by atoms with Crippen molar-refractivity contribution in [1.82, 2.24) is 5.32 Å². The molecule has 2 atom stereocenters. The lowest BCUT2D eigenvalue weighted by atomic mass is 9.81. The zero-order valence-electron chi connectivity index (χ0n) is 14.8. The van der Waals surface area contributed by atoms with Gasteiger partial charge in [-0.1, -0.05) is 6.42 Å². The summed E-state index contributed by atoms with van der Waals surface area (Å²) < 4.78 is 15.9. The Hall–Kier alpha value is -2.44. The highest BCUT2D eigenvalue weighted by molar-refractivity contribution is 5.80. The molecule has 0 bridgehead atoms. The average molecular weight is 351 g/mol. The first-order chi connectivity index (χ1) is 12.0. The van der Waals surface area contributed by atoms with Crippen LogP contribution in [-0.4, -0.2) is 38.3 Å². The van der Waals surface area contributed by atoms with E-state index in [9.17, 15) is 9.59 Å². The molecule has 0 aromatic heterocycles. The van der Waals surface area contributed by atoms with Gasteiger partial charge in [0.05, 0.1) is 27.2 Å². The van der Waals surface area contributed by atoms with Gasteiger partial charge in [-0.05, 0) is 25.3 Å². The van der Waals surface area contributed by atoms with Gasteiger partial charge in [-0.25, -0.2) is 0 Å². The number of carbonyl (C=O) groups excluding carboxylic acids is 1. The summed E-state index contributed by atoms with van der Waals surface area (Å²) in [5.74, 6) is 0.0510. The number of benzene rings is 1. The third-order valence-electron chi connectivity index (χ3n) is 4.63. The smallest absolute Gasteiger partial charge is 0.306 e. The average Bonchev–Trinajstić information content (AvgIpc) is 2.65. The molecule has 2 unspecified atom stereocenters. The minimum absolute atomic E-state index is 0.122. The summed E-state index contributed by atoms with van der Waals surface area (Å²) in [7, 11) is 4.63. The van der Waals surface area contributed by atoms with Crippen LogP contribution < -0.4 is 19.5 Å². The van der Waals surface area contributed by atoms with Crippen LogP contribution in [0.3, 0.4) is 0 Å². The lowest BCUT2D eigenvalue weighted by Gasteiger charge is -2.25. The Morgan fingerprint density at radius 2 is 1.64 bits per heavy atom. The van der Waals surface area contributed by atoms with Crippen molar-refractivity contribution in [1.29, 1.82) is 0 Å². The molecule has 1 aromatic carbocycles. The maximum Gasteiger partial charge on any atom is 0.306 e. The minimum atomic E-state index is -0.820. The van der Waals surface area contributed by atoms with E-state index in [4.69, 9.17) is 19.3 Å². The number of nitrogens with one attached hydrogen (secondary N) is 1. The fourth-order valence-corrected chi connectivity index (χ4v) is 3.21. The number of hydrogen-bond donors (Lipinski definition) is 2. The van der Waals surface area contributed by atoms with E-state index in [0.29, 0.717) is 30.1 Å². The van der Waals surface area contributed by atoms with Gasteiger partial charge in [-0.3, -0.25) is 9.59 Å². The minimum Gasteiger partial charge on any atom is -0.496 e. The van der Waals surface area contributed by atoms with Crippen molar-refractivity contribution in [2.24, 2.45) is 11.8 Å². The molecule has 25 heavy (non-hydrogen) atoms. The van der Waals surface area contributed by atoms with Crippen molar-refractivity contribution in [2.45, 2.75) is 32.2 Å². The molecule has 1 fully saturated rings. The Kier molecular flexibility index (Phi) is 6.50. The van der Waals surface area contributed by atoms with E-state index in [1.54, 1.807) is 33.5 Å². The van der Waals surface area contributed by atoms with Gasteiger partial charge in [0.2, 0.25) is 5.91 Å². The van der Waals surface area contributed by atoms with Crippen molar-refractivity contribution in [2.75, 3.05) is 21.3 Å². The van der Waals surface area contributed by atoms with Gasteiger partial charge < -0.3 is 24.6 Å². The number of hydrogen-bond acceptors (Lipinski definition) is 5. The van der Waals surface area contributed by atoms with E-state index in [0.717, 1.165) is 18.4 Å². The number of aliphatic carboxylic acids is 1. The molecule has 7 heteroatoms. The van der Waals surface area contributed by atoms with Crippen LogP contribution in [0.25, 0.3) is 0 Å². The summed E-state index contributed by atoms with van der Waals surface area (Å²) in [5.41, 5.74) is 0.763. The SMILES string of the molecule is COc1cc(OC)c(OC)cc1CNC(=O)C1CCCC(C(=O)O)C1. The van der Waals surface area contributed by atoms with Crippen LogP contribution in [0.15, 0.2) is 12.1 Å². The second-order valence-electron chi connectivity index (χ2n) is 6.14. The number of carboxylic acid groups (broad SMARTS) is 1. The second kappa shape index (κ2) is 8.60. The number of carbonyl (C=O) groups is 2. The molecule has 2 N–H and O–H groups in total. The van der Waals surface area contributed by atoms with Crippen LogP contribution in [-0.2, 0) is 16.1 Å². The molecule has 1 aromatic rings. The van der Waals surface area contributed by atoms with Gasteiger partial charge in [0.1, 0.15) is 5.75 Å². The Bertz CT molecular complexity index is 630. The van der Waals surface area contributed by atoms with Crippen molar-refractivity contribution >= 4 is 11.9 Å². The van der Waals surface area contributed by atoms with Crippen LogP contribution in [0.5, 0.6) is 17.2 Å². The van der Waals surface area contributed by atoms with Gasteiger partial charge >= 0.3 is 5.97 Å². The number of carboxylic acids is 1. The molecule has 0 spiro atoms. The summed E-state index contributed by atoms with van der Waals surface area (Å²) in [5, 5.41) is 12.0. The largest absolute Gasteiger partial charge is 0.496 e. The standard InChI is InChI=1S/C18H25NO6/c1-23-14-9-16(25-3)15(24-2)8-13(14)10-19-17(20)11-5-4-6-12(7-11)18(21)22/h8-9,11-12H,4-7,10H2,1-3H3,(H,19,20)(H,21,22). The molecular weight excluding hydrogens is 326 g/mol. The summed E-state index contributed by atoms with van der Waals surface area (Å²) in [6.07, 6.45) is 2.51. The summed E-state index contributed by atoms with van der Waals surface area (Å²) >= 11 is 0. The van der Waals surface area contributed by atoms with Crippen LogP contribution >= 0.6 is 0 Å². The highest BCUT2D eigenvalue weighted by atomic mass is 16.5. The third kappa shape index (κ3) is 4.55. The first kappa shape index (κ1) is 18.9. The van der Waals surface area contributed by atoms with E-state index in [1.807, 2.05) is 0 Å². The second-order valence-corrected chi connectivity index (χ2v) is 6.14. The van der Waals surface area contributed by atoms with Crippen molar-refractivity contribution in [3.63, 3.8) is 0 Å². The number of rotatable bonds is 7. The number of methoxy groups -OCH3 is 3. The Balaban J connectivity index is 2.05. The third-order valence-corrected chi connectivity index (χ3v) is 4.63. The molecule has 1 amide bonds. The molecular formula is C18H25NO6. The van der Waals surface area contributed by atoms with Crippen LogP contribution in [0.1, 0.15) is 31.2 Å². The molecule has 0 radical (unpaired) electrons. The van der Waals surface area contributed by atoms with Crippen LogP contribution in [0.2, 0.25) is 0 Å². The lowest BCUT2D eigenvalue weighted by Crippen LogP contribution is -2.35. The van der Waals surface area contributed by atoms with Crippen molar-refractivity contribution in [3.8, 4) is 17.2 Å². The van der Waals surface area contributed by atoms with E-state index >= 15 is 0 Å².